The zero-order valence-electron chi connectivity index (χ0n) is 16.5. The number of nitrogens with zero attached hydrogens (tertiary/aromatic N) is 3. The Morgan fingerprint density at radius 2 is 1.71 bits per heavy atom. The van der Waals surface area contributed by atoms with Crippen molar-refractivity contribution >= 4 is 46.0 Å². The lowest BCUT2D eigenvalue weighted by atomic mass is 10.2. The molecular weight excluding hydrogens is 413 g/mol. The van der Waals surface area contributed by atoms with Crippen LogP contribution in [0.5, 0.6) is 0 Å². The van der Waals surface area contributed by atoms with Gasteiger partial charge in [-0.05, 0) is 72.7 Å². The van der Waals surface area contributed by atoms with E-state index in [1.165, 1.54) is 23.0 Å². The lowest BCUT2D eigenvalue weighted by molar-refractivity contribution is -0.115. The predicted octanol–water partition coefficient (Wildman–Crippen LogP) is 4.39. The highest BCUT2D eigenvalue weighted by molar-refractivity contribution is 7.80. The number of benzene rings is 3. The van der Waals surface area contributed by atoms with E-state index in [9.17, 15) is 9.18 Å². The molecule has 0 atom stereocenters. The van der Waals surface area contributed by atoms with E-state index in [1.54, 1.807) is 24.3 Å². The molecule has 1 amide bonds. The molecule has 0 aliphatic rings. The highest BCUT2D eigenvalue weighted by Gasteiger charge is 2.10. The summed E-state index contributed by atoms with van der Waals surface area (Å²) in [5.74, 6) is -0.653. The molecule has 3 aromatic carbocycles. The van der Waals surface area contributed by atoms with Crippen LogP contribution in [0.15, 0.2) is 72.8 Å². The van der Waals surface area contributed by atoms with Gasteiger partial charge in [0.2, 0.25) is 5.91 Å². The van der Waals surface area contributed by atoms with Gasteiger partial charge in [-0.15, -0.1) is 10.2 Å². The first-order chi connectivity index (χ1) is 15.0. The van der Waals surface area contributed by atoms with Gasteiger partial charge in [-0.3, -0.25) is 10.1 Å². The highest BCUT2D eigenvalue weighted by atomic mass is 32.1. The Hall–Kier alpha value is -3.91. The summed E-state index contributed by atoms with van der Waals surface area (Å²) >= 11 is 5.27. The number of anilines is 1. The Morgan fingerprint density at radius 1 is 1.03 bits per heavy atom. The summed E-state index contributed by atoms with van der Waals surface area (Å²) in [5, 5.41) is 14.7. The van der Waals surface area contributed by atoms with E-state index in [-0.39, 0.29) is 16.8 Å². The maximum Gasteiger partial charge on any atom is 0.250 e. The quantitative estimate of drug-likeness (QED) is 0.370. The number of halogens is 1. The standard InChI is InChI=1S/C23H18FN5OS/c1-15-13-20-21(28-29(27-20)18-10-8-17(24)9-11-18)14-19(15)25-23(31)26-22(30)12-7-16-5-3-2-4-6-16/h2-14H,1H3,(H2,25,26,30,31)/b12-7+. The van der Waals surface area contributed by atoms with Crippen LogP contribution in [0.2, 0.25) is 0 Å². The number of carbonyl (C=O) groups excluding carboxylic acids is 1. The summed E-state index contributed by atoms with van der Waals surface area (Å²) in [7, 11) is 0. The third-order valence-corrected chi connectivity index (χ3v) is 4.70. The van der Waals surface area contributed by atoms with Gasteiger partial charge in [-0.1, -0.05) is 30.3 Å². The van der Waals surface area contributed by atoms with Crippen LogP contribution in [0, 0.1) is 12.7 Å². The number of amides is 1. The lowest BCUT2D eigenvalue weighted by Crippen LogP contribution is -2.33. The number of aromatic nitrogens is 3. The van der Waals surface area contributed by atoms with E-state index in [2.05, 4.69) is 20.8 Å². The molecule has 0 unspecified atom stereocenters. The van der Waals surface area contributed by atoms with Crippen molar-refractivity contribution in [3.63, 3.8) is 0 Å². The molecule has 4 aromatic rings. The van der Waals surface area contributed by atoms with Gasteiger partial charge < -0.3 is 5.32 Å². The van der Waals surface area contributed by atoms with E-state index in [4.69, 9.17) is 12.2 Å². The van der Waals surface area contributed by atoms with Crippen molar-refractivity contribution < 1.29 is 9.18 Å². The first kappa shape index (κ1) is 20.4. The molecule has 0 saturated carbocycles. The summed E-state index contributed by atoms with van der Waals surface area (Å²) < 4.78 is 13.2. The Kier molecular flexibility index (Phi) is 5.81. The van der Waals surface area contributed by atoms with Crippen molar-refractivity contribution in [1.82, 2.24) is 20.3 Å². The Morgan fingerprint density at radius 3 is 2.42 bits per heavy atom. The van der Waals surface area contributed by atoms with Gasteiger partial charge in [-0.2, -0.15) is 4.80 Å². The average molecular weight is 431 g/mol. The summed E-state index contributed by atoms with van der Waals surface area (Å²) in [5.41, 5.74) is 4.48. The van der Waals surface area contributed by atoms with Crippen molar-refractivity contribution in [3.8, 4) is 5.69 Å². The van der Waals surface area contributed by atoms with Gasteiger partial charge in [0.05, 0.1) is 5.69 Å². The van der Waals surface area contributed by atoms with Crippen LogP contribution in [0.25, 0.3) is 22.8 Å². The molecule has 0 bridgehead atoms. The molecule has 8 heteroatoms. The molecule has 0 aliphatic carbocycles. The Balaban J connectivity index is 1.46. The smallest absolute Gasteiger partial charge is 0.250 e. The monoisotopic (exact) mass is 431 g/mol. The molecule has 0 spiro atoms. The third-order valence-electron chi connectivity index (χ3n) is 4.50. The van der Waals surface area contributed by atoms with Crippen LogP contribution in [-0.2, 0) is 4.79 Å². The SMILES string of the molecule is Cc1cc2nn(-c3ccc(F)cc3)nc2cc1NC(=S)NC(=O)/C=C/c1ccccc1. The number of carbonyl (C=O) groups is 1. The number of aryl methyl sites for hydroxylation is 1. The highest BCUT2D eigenvalue weighted by Crippen LogP contribution is 2.22. The minimum Gasteiger partial charge on any atom is -0.332 e. The van der Waals surface area contributed by atoms with Crippen LogP contribution >= 0.6 is 12.2 Å². The minimum absolute atomic E-state index is 0.177. The van der Waals surface area contributed by atoms with E-state index < -0.39 is 0 Å². The van der Waals surface area contributed by atoms with Gasteiger partial charge in [0.1, 0.15) is 16.9 Å². The zero-order valence-corrected chi connectivity index (χ0v) is 17.4. The molecule has 154 valence electrons. The second-order valence-corrected chi connectivity index (χ2v) is 7.22. The second-order valence-electron chi connectivity index (χ2n) is 6.81. The van der Waals surface area contributed by atoms with Crippen LogP contribution in [0.4, 0.5) is 10.1 Å². The number of rotatable bonds is 4. The first-order valence-corrected chi connectivity index (χ1v) is 9.87. The molecule has 0 aliphatic heterocycles. The lowest BCUT2D eigenvalue weighted by Gasteiger charge is -2.10. The van der Waals surface area contributed by atoms with Crippen LogP contribution < -0.4 is 10.6 Å². The zero-order chi connectivity index (χ0) is 21.8. The molecular formula is C23H18FN5OS. The van der Waals surface area contributed by atoms with Gasteiger partial charge in [0.15, 0.2) is 5.11 Å². The van der Waals surface area contributed by atoms with Gasteiger partial charge in [-0.25, -0.2) is 4.39 Å². The summed E-state index contributed by atoms with van der Waals surface area (Å²) in [6, 6.07) is 19.1. The fraction of sp³-hybridized carbons (Fsp3) is 0.0435. The van der Waals surface area contributed by atoms with Crippen molar-refractivity contribution in [1.29, 1.82) is 0 Å². The number of hydrogen-bond donors (Lipinski definition) is 2. The van der Waals surface area contributed by atoms with Gasteiger partial charge in [0.25, 0.3) is 0 Å². The molecule has 0 fully saturated rings. The molecule has 0 saturated heterocycles. The van der Waals surface area contributed by atoms with Crippen LogP contribution in [0.1, 0.15) is 11.1 Å². The summed E-state index contributed by atoms with van der Waals surface area (Å²) in [6.45, 7) is 1.90. The van der Waals surface area contributed by atoms with E-state index in [0.29, 0.717) is 22.4 Å². The van der Waals surface area contributed by atoms with Crippen LogP contribution in [0.3, 0.4) is 0 Å². The first-order valence-electron chi connectivity index (χ1n) is 9.47. The van der Waals surface area contributed by atoms with Crippen molar-refractivity contribution in [2.45, 2.75) is 6.92 Å². The van der Waals surface area contributed by atoms with Crippen molar-refractivity contribution in [2.75, 3.05) is 5.32 Å². The van der Waals surface area contributed by atoms with Crippen molar-refractivity contribution in [2.24, 2.45) is 0 Å². The molecule has 31 heavy (non-hydrogen) atoms. The van der Waals surface area contributed by atoms with Gasteiger partial charge >= 0.3 is 0 Å². The fourth-order valence-electron chi connectivity index (χ4n) is 2.94. The number of fused-ring (bicyclic) bond motifs is 1. The normalized spacial score (nSPS) is 11.0. The number of hydrogen-bond acceptors (Lipinski definition) is 4. The maximum absolute atomic E-state index is 13.2. The molecule has 1 aromatic heterocycles. The number of thiocarbonyl (C=S) groups is 1. The molecule has 2 N–H and O–H groups in total. The number of nitrogens with one attached hydrogen (secondary N) is 2. The topological polar surface area (TPSA) is 71.8 Å². The Bertz CT molecular complexity index is 1280. The molecule has 0 radical (unpaired) electrons. The molecule has 6 nitrogen and oxygen atoms in total. The van der Waals surface area contributed by atoms with Crippen LogP contribution in [-0.4, -0.2) is 26.0 Å². The van der Waals surface area contributed by atoms with E-state index in [0.717, 1.165) is 11.1 Å². The summed E-state index contributed by atoms with van der Waals surface area (Å²) in [4.78, 5) is 13.6. The minimum atomic E-state index is -0.331. The largest absolute Gasteiger partial charge is 0.332 e. The van der Waals surface area contributed by atoms with Gasteiger partial charge in [0, 0.05) is 11.8 Å². The summed E-state index contributed by atoms with van der Waals surface area (Å²) in [6.07, 6.45) is 3.14. The fourth-order valence-corrected chi connectivity index (χ4v) is 3.15. The Labute approximate surface area is 183 Å². The third kappa shape index (κ3) is 4.99. The van der Waals surface area contributed by atoms with E-state index in [1.807, 2.05) is 43.3 Å². The molecule has 4 rings (SSSR count). The molecule has 1 heterocycles. The van der Waals surface area contributed by atoms with E-state index >= 15 is 0 Å². The average Bonchev–Trinajstić information content (AvgIpc) is 3.16. The second kappa shape index (κ2) is 8.85. The predicted molar refractivity (Wildman–Crippen MR) is 123 cm³/mol. The maximum atomic E-state index is 13.2. The van der Waals surface area contributed by atoms with Crippen molar-refractivity contribution in [3.05, 3.63) is 89.8 Å².